The van der Waals surface area contributed by atoms with Crippen molar-refractivity contribution in [2.45, 2.75) is 69.4 Å². The number of hydrogen-bond donors (Lipinski definition) is 2. The van der Waals surface area contributed by atoms with Crippen molar-refractivity contribution >= 4 is 35.0 Å². The maximum absolute atomic E-state index is 14.1. The molecule has 6 rings (SSSR count). The predicted molar refractivity (Wildman–Crippen MR) is 144 cm³/mol. The molecule has 1 saturated carbocycles. The topological polar surface area (TPSA) is 87.7 Å². The third-order valence-corrected chi connectivity index (χ3v) is 8.99. The van der Waals surface area contributed by atoms with Gasteiger partial charge in [-0.15, -0.1) is 0 Å². The van der Waals surface area contributed by atoms with Gasteiger partial charge in [0.05, 0.1) is 17.9 Å². The Morgan fingerprint density at radius 1 is 1.10 bits per heavy atom. The number of aryl methyl sites for hydroxylation is 1. The molecule has 2 saturated heterocycles. The monoisotopic (exact) mass is 551 g/mol. The van der Waals surface area contributed by atoms with E-state index in [2.05, 4.69) is 10.6 Å². The Morgan fingerprint density at radius 2 is 1.85 bits per heavy atom. The van der Waals surface area contributed by atoms with Gasteiger partial charge in [0.15, 0.2) is 0 Å². The molecule has 3 fully saturated rings. The number of nitrogens with zero attached hydrogens (tertiary/aromatic N) is 1. The molecule has 7 nitrogen and oxygen atoms in total. The molecule has 1 spiro atoms. The predicted octanol–water partition coefficient (Wildman–Crippen LogP) is 4.53. The van der Waals surface area contributed by atoms with Crippen molar-refractivity contribution < 1.29 is 23.5 Å². The van der Waals surface area contributed by atoms with Crippen LogP contribution in [0.5, 0.6) is 0 Å². The Morgan fingerprint density at radius 3 is 2.56 bits per heavy atom. The molecule has 39 heavy (non-hydrogen) atoms. The molecule has 2 aromatic carbocycles. The number of benzene rings is 2. The van der Waals surface area contributed by atoms with Crippen LogP contribution in [0.25, 0.3) is 0 Å². The van der Waals surface area contributed by atoms with Gasteiger partial charge in [0.2, 0.25) is 17.7 Å². The Kier molecular flexibility index (Phi) is 6.71. The van der Waals surface area contributed by atoms with Gasteiger partial charge < -0.3 is 20.3 Å². The van der Waals surface area contributed by atoms with Crippen LogP contribution in [0, 0.1) is 24.6 Å². The molecule has 2 bridgehead atoms. The Labute approximate surface area is 231 Å². The van der Waals surface area contributed by atoms with E-state index in [0.29, 0.717) is 16.3 Å². The number of rotatable bonds is 6. The number of carbonyl (C=O) groups excluding carboxylic acids is 3. The molecule has 4 aliphatic rings. The number of ether oxygens (including phenoxy) is 1. The fourth-order valence-corrected chi connectivity index (χ4v) is 6.83. The van der Waals surface area contributed by atoms with Crippen LogP contribution < -0.4 is 10.6 Å². The van der Waals surface area contributed by atoms with Gasteiger partial charge in [0.1, 0.15) is 17.5 Å². The number of halogens is 2. The van der Waals surface area contributed by atoms with Crippen LogP contribution in [0.3, 0.4) is 0 Å². The van der Waals surface area contributed by atoms with Crippen molar-refractivity contribution in [3.05, 3.63) is 76.6 Å². The van der Waals surface area contributed by atoms with E-state index in [0.717, 1.165) is 37.7 Å². The lowest BCUT2D eigenvalue weighted by Gasteiger charge is -2.34. The van der Waals surface area contributed by atoms with Crippen molar-refractivity contribution in [2.24, 2.45) is 11.8 Å². The first kappa shape index (κ1) is 26.0. The van der Waals surface area contributed by atoms with E-state index in [-0.39, 0.29) is 36.1 Å². The second-order valence-corrected chi connectivity index (χ2v) is 11.5. The number of fused-ring (bicyclic) bond motifs is 1. The summed E-state index contributed by atoms with van der Waals surface area (Å²) in [4.78, 5) is 43.1. The lowest BCUT2D eigenvalue weighted by molar-refractivity contribution is -0.142. The van der Waals surface area contributed by atoms with E-state index < -0.39 is 29.6 Å². The lowest BCUT2D eigenvalue weighted by atomic mass is 9.74. The van der Waals surface area contributed by atoms with E-state index in [1.54, 1.807) is 36.4 Å². The highest BCUT2D eigenvalue weighted by molar-refractivity contribution is 6.31. The highest BCUT2D eigenvalue weighted by atomic mass is 35.5. The minimum Gasteiger partial charge on any atom is -0.359 e. The van der Waals surface area contributed by atoms with Crippen molar-refractivity contribution in [3.63, 3.8) is 0 Å². The van der Waals surface area contributed by atoms with Crippen LogP contribution >= 0.6 is 11.6 Å². The van der Waals surface area contributed by atoms with E-state index in [1.807, 2.05) is 13.0 Å². The molecule has 1 aliphatic carbocycles. The zero-order chi connectivity index (χ0) is 27.3. The Balaban J connectivity index is 1.32. The molecule has 9 heteroatoms. The van der Waals surface area contributed by atoms with Crippen LogP contribution in [0.1, 0.15) is 43.2 Å². The van der Waals surface area contributed by atoms with Crippen molar-refractivity contribution in [1.29, 1.82) is 0 Å². The number of amides is 3. The van der Waals surface area contributed by atoms with Crippen LogP contribution in [0.15, 0.2) is 54.6 Å². The minimum absolute atomic E-state index is 0.0393. The summed E-state index contributed by atoms with van der Waals surface area (Å²) in [6.45, 7) is 1.97. The van der Waals surface area contributed by atoms with Gasteiger partial charge in [-0.05, 0) is 55.2 Å². The number of carbonyl (C=O) groups is 3. The van der Waals surface area contributed by atoms with Gasteiger partial charge in [-0.1, -0.05) is 61.2 Å². The SMILES string of the molecule is Cc1ccc(NC(=O)C2C3C=CC4(O3)C2C(=O)N(Cc2ccc(F)cc2)C4C(=O)NC2CCCCC2)cc1Cl. The number of anilines is 1. The second kappa shape index (κ2) is 10.1. The Hall–Kier alpha value is -3.23. The van der Waals surface area contributed by atoms with Crippen molar-refractivity contribution in [1.82, 2.24) is 10.2 Å². The quantitative estimate of drug-likeness (QED) is 0.517. The van der Waals surface area contributed by atoms with Crippen LogP contribution in [0.2, 0.25) is 5.02 Å². The van der Waals surface area contributed by atoms with E-state index >= 15 is 0 Å². The highest BCUT2D eigenvalue weighted by Crippen LogP contribution is 2.55. The number of likely N-dealkylation sites (tertiary alicyclic amines) is 1. The molecule has 3 amide bonds. The standard InChI is InChI=1S/C30H31ClFN3O4/c1-17-7-12-21(15-22(17)31)34-27(36)24-23-13-14-30(39-23)25(24)29(38)35(16-18-8-10-19(32)11-9-18)26(30)28(37)33-20-5-3-2-4-6-20/h7-15,20,23-26H,2-6,16H2,1H3,(H,33,37)(H,34,36). The summed E-state index contributed by atoms with van der Waals surface area (Å²) in [6, 6.07) is 10.2. The smallest absolute Gasteiger partial charge is 0.246 e. The third kappa shape index (κ3) is 4.53. The maximum atomic E-state index is 14.1. The van der Waals surface area contributed by atoms with Gasteiger partial charge in [-0.2, -0.15) is 0 Å². The summed E-state index contributed by atoms with van der Waals surface area (Å²) in [5.74, 6) is -3.03. The molecule has 2 N–H and O–H groups in total. The first-order chi connectivity index (χ1) is 18.8. The summed E-state index contributed by atoms with van der Waals surface area (Å²) in [5.41, 5.74) is 0.837. The lowest BCUT2D eigenvalue weighted by Crippen LogP contribution is -2.56. The molecule has 5 unspecified atom stereocenters. The number of nitrogens with one attached hydrogen (secondary N) is 2. The molecular weight excluding hydrogens is 521 g/mol. The van der Waals surface area contributed by atoms with E-state index in [9.17, 15) is 18.8 Å². The first-order valence-corrected chi connectivity index (χ1v) is 13.9. The largest absolute Gasteiger partial charge is 0.359 e. The van der Waals surface area contributed by atoms with Gasteiger partial charge in [0.25, 0.3) is 0 Å². The maximum Gasteiger partial charge on any atom is 0.246 e. The average molecular weight is 552 g/mol. The van der Waals surface area contributed by atoms with Crippen molar-refractivity contribution in [2.75, 3.05) is 5.32 Å². The summed E-state index contributed by atoms with van der Waals surface area (Å²) in [6.07, 6.45) is 7.98. The molecule has 3 aliphatic heterocycles. The molecule has 3 heterocycles. The fraction of sp³-hybridized carbons (Fsp3) is 0.433. The van der Waals surface area contributed by atoms with Crippen LogP contribution in [-0.4, -0.2) is 46.4 Å². The minimum atomic E-state index is -1.26. The summed E-state index contributed by atoms with van der Waals surface area (Å²) >= 11 is 6.26. The third-order valence-electron chi connectivity index (χ3n) is 8.58. The van der Waals surface area contributed by atoms with Gasteiger partial charge in [0, 0.05) is 23.3 Å². The zero-order valence-electron chi connectivity index (χ0n) is 21.7. The van der Waals surface area contributed by atoms with E-state index in [4.69, 9.17) is 16.3 Å². The summed E-state index contributed by atoms with van der Waals surface area (Å²) < 4.78 is 20.0. The first-order valence-electron chi connectivity index (χ1n) is 13.6. The zero-order valence-corrected chi connectivity index (χ0v) is 22.4. The molecule has 0 radical (unpaired) electrons. The van der Waals surface area contributed by atoms with Crippen LogP contribution in [-0.2, 0) is 25.7 Å². The fourth-order valence-electron chi connectivity index (χ4n) is 6.65. The van der Waals surface area contributed by atoms with Crippen LogP contribution in [0.4, 0.5) is 10.1 Å². The van der Waals surface area contributed by atoms with E-state index in [1.165, 1.54) is 17.0 Å². The normalized spacial score (nSPS) is 29.5. The molecular formula is C30H31ClFN3O4. The molecule has 2 aromatic rings. The van der Waals surface area contributed by atoms with Gasteiger partial charge in [-0.25, -0.2) is 4.39 Å². The van der Waals surface area contributed by atoms with Crippen molar-refractivity contribution in [3.8, 4) is 0 Å². The van der Waals surface area contributed by atoms with Gasteiger partial charge >= 0.3 is 0 Å². The summed E-state index contributed by atoms with van der Waals surface area (Å²) in [5, 5.41) is 6.59. The molecule has 0 aromatic heterocycles. The molecule has 5 atom stereocenters. The average Bonchev–Trinajstić information content (AvgIpc) is 3.56. The number of hydrogen-bond acceptors (Lipinski definition) is 4. The highest BCUT2D eigenvalue weighted by Gasteiger charge is 2.72. The Bertz CT molecular complexity index is 1340. The second-order valence-electron chi connectivity index (χ2n) is 11.1. The summed E-state index contributed by atoms with van der Waals surface area (Å²) in [7, 11) is 0. The molecule has 204 valence electrons. The van der Waals surface area contributed by atoms with Gasteiger partial charge in [-0.3, -0.25) is 14.4 Å².